The first-order chi connectivity index (χ1) is 11.2. The molecular formula is C22H39F. The van der Waals surface area contributed by atoms with Gasteiger partial charge in [0, 0.05) is 0 Å². The average Bonchev–Trinajstić information content (AvgIpc) is 2.77. The number of hydrogen-bond acceptors (Lipinski definition) is 0. The van der Waals surface area contributed by atoms with Crippen LogP contribution in [0.25, 0.3) is 0 Å². The Morgan fingerprint density at radius 2 is 1.00 bits per heavy atom. The summed E-state index contributed by atoms with van der Waals surface area (Å²) in [6, 6.07) is 0. The fraction of sp³-hybridized carbons (Fsp3) is 1.00. The van der Waals surface area contributed by atoms with Gasteiger partial charge >= 0.3 is 0 Å². The van der Waals surface area contributed by atoms with Crippen LogP contribution in [0.5, 0.6) is 0 Å². The van der Waals surface area contributed by atoms with Gasteiger partial charge in [-0.1, -0.05) is 33.1 Å². The second-order valence-corrected chi connectivity index (χ2v) is 9.29. The molecule has 3 aliphatic rings. The van der Waals surface area contributed by atoms with Crippen molar-refractivity contribution in [2.45, 2.75) is 103 Å². The van der Waals surface area contributed by atoms with Crippen LogP contribution in [-0.2, 0) is 0 Å². The van der Waals surface area contributed by atoms with Gasteiger partial charge in [-0.3, -0.25) is 0 Å². The van der Waals surface area contributed by atoms with Gasteiger partial charge in [0.2, 0.25) is 0 Å². The maximum Gasteiger partial charge on any atom is 0.103 e. The summed E-state index contributed by atoms with van der Waals surface area (Å²) in [5, 5.41) is 0. The molecule has 3 saturated carbocycles. The number of hydrogen-bond donors (Lipinski definition) is 0. The molecule has 3 aliphatic carbocycles. The van der Waals surface area contributed by atoms with E-state index in [1.807, 2.05) is 0 Å². The van der Waals surface area contributed by atoms with Gasteiger partial charge in [-0.25, -0.2) is 4.39 Å². The summed E-state index contributed by atoms with van der Waals surface area (Å²) in [7, 11) is 0. The smallest absolute Gasteiger partial charge is 0.103 e. The quantitative estimate of drug-likeness (QED) is 0.483. The fourth-order valence-corrected chi connectivity index (χ4v) is 6.14. The lowest BCUT2D eigenvalue weighted by molar-refractivity contribution is 0.122. The summed E-state index contributed by atoms with van der Waals surface area (Å²) in [5.41, 5.74) is 0. The van der Waals surface area contributed by atoms with Gasteiger partial charge in [0.25, 0.3) is 0 Å². The highest BCUT2D eigenvalue weighted by Crippen LogP contribution is 2.45. The zero-order valence-electron chi connectivity index (χ0n) is 15.6. The van der Waals surface area contributed by atoms with Gasteiger partial charge < -0.3 is 0 Å². The van der Waals surface area contributed by atoms with E-state index in [0.29, 0.717) is 5.92 Å². The first-order valence-electron chi connectivity index (χ1n) is 10.8. The Kier molecular flexibility index (Phi) is 6.44. The molecule has 0 aromatic heterocycles. The average molecular weight is 323 g/mol. The van der Waals surface area contributed by atoms with Crippen LogP contribution in [0.4, 0.5) is 4.39 Å². The highest BCUT2D eigenvalue weighted by molar-refractivity contribution is 4.86. The molecule has 23 heavy (non-hydrogen) atoms. The molecule has 0 bridgehead atoms. The van der Waals surface area contributed by atoms with Crippen LogP contribution in [0.3, 0.4) is 0 Å². The van der Waals surface area contributed by atoms with Gasteiger partial charge in [0.15, 0.2) is 0 Å². The molecule has 0 saturated heterocycles. The predicted octanol–water partition coefficient (Wildman–Crippen LogP) is 7.17. The van der Waals surface area contributed by atoms with Crippen molar-refractivity contribution in [3.8, 4) is 0 Å². The summed E-state index contributed by atoms with van der Waals surface area (Å²) in [5.74, 6) is 5.19. The minimum Gasteiger partial charge on any atom is -0.247 e. The molecule has 0 nitrogen and oxygen atoms in total. The first kappa shape index (κ1) is 17.7. The largest absolute Gasteiger partial charge is 0.247 e. The van der Waals surface area contributed by atoms with Crippen LogP contribution in [0, 0.1) is 35.5 Å². The van der Waals surface area contributed by atoms with Crippen molar-refractivity contribution in [2.24, 2.45) is 35.5 Å². The van der Waals surface area contributed by atoms with Crippen LogP contribution in [0.1, 0.15) is 97.3 Å². The van der Waals surface area contributed by atoms with E-state index in [2.05, 4.69) is 13.8 Å². The van der Waals surface area contributed by atoms with Crippen molar-refractivity contribution in [1.82, 2.24) is 0 Å². The lowest BCUT2D eigenvalue weighted by Crippen LogP contribution is -2.27. The third kappa shape index (κ3) is 4.51. The van der Waals surface area contributed by atoms with Crippen LogP contribution in [0.15, 0.2) is 0 Å². The van der Waals surface area contributed by atoms with E-state index in [9.17, 15) is 4.39 Å². The molecule has 3 rings (SSSR count). The van der Waals surface area contributed by atoms with Crippen molar-refractivity contribution in [3.63, 3.8) is 0 Å². The molecule has 0 amide bonds. The zero-order valence-corrected chi connectivity index (χ0v) is 15.6. The summed E-state index contributed by atoms with van der Waals surface area (Å²) in [6.45, 7) is 4.61. The van der Waals surface area contributed by atoms with Gasteiger partial charge in [-0.15, -0.1) is 0 Å². The third-order valence-electron chi connectivity index (χ3n) is 7.97. The molecular weight excluding hydrogens is 283 g/mol. The summed E-state index contributed by atoms with van der Waals surface area (Å²) in [6.07, 6.45) is 16.9. The van der Waals surface area contributed by atoms with Crippen LogP contribution >= 0.6 is 0 Å². The van der Waals surface area contributed by atoms with Crippen LogP contribution in [-0.4, -0.2) is 6.17 Å². The molecule has 0 aromatic rings. The second-order valence-electron chi connectivity index (χ2n) is 9.29. The van der Waals surface area contributed by atoms with E-state index in [4.69, 9.17) is 0 Å². The Balaban J connectivity index is 1.45. The molecule has 134 valence electrons. The maximum absolute atomic E-state index is 14.2. The molecule has 0 spiro atoms. The number of rotatable bonds is 3. The molecule has 3 unspecified atom stereocenters. The Morgan fingerprint density at radius 3 is 1.48 bits per heavy atom. The molecule has 0 heterocycles. The molecule has 0 radical (unpaired) electrons. The van der Waals surface area contributed by atoms with Crippen LogP contribution in [0.2, 0.25) is 0 Å². The Bertz CT molecular complexity index is 336. The Labute approximate surface area is 144 Å². The normalized spacial score (nSPS) is 46.3. The SMILES string of the molecule is CCC1CCC(C2CCC(C3CCC(C)CC3)CC2)CCC1F. The summed E-state index contributed by atoms with van der Waals surface area (Å²) >= 11 is 0. The third-order valence-corrected chi connectivity index (χ3v) is 7.97. The van der Waals surface area contributed by atoms with Crippen molar-refractivity contribution >= 4 is 0 Å². The van der Waals surface area contributed by atoms with E-state index in [-0.39, 0.29) is 0 Å². The van der Waals surface area contributed by atoms with Crippen molar-refractivity contribution in [2.75, 3.05) is 0 Å². The fourth-order valence-electron chi connectivity index (χ4n) is 6.14. The van der Waals surface area contributed by atoms with E-state index < -0.39 is 6.17 Å². The van der Waals surface area contributed by atoms with E-state index in [1.54, 1.807) is 0 Å². The molecule has 0 aliphatic heterocycles. The molecule has 1 heteroatoms. The van der Waals surface area contributed by atoms with E-state index in [0.717, 1.165) is 48.9 Å². The molecule has 0 aromatic carbocycles. The number of halogens is 1. The maximum atomic E-state index is 14.2. The zero-order chi connectivity index (χ0) is 16.2. The van der Waals surface area contributed by atoms with Crippen molar-refractivity contribution < 1.29 is 4.39 Å². The lowest BCUT2D eigenvalue weighted by atomic mass is 9.67. The van der Waals surface area contributed by atoms with Gasteiger partial charge in [-0.2, -0.15) is 0 Å². The summed E-state index contributed by atoms with van der Waals surface area (Å²) < 4.78 is 14.2. The highest BCUT2D eigenvalue weighted by atomic mass is 19.1. The standard InChI is InChI=1S/C22H39F/c1-3-17-8-9-21(14-15-22(17)23)20-12-10-19(11-13-20)18-6-4-16(2)5-7-18/h16-22H,3-15H2,1-2H3. The van der Waals surface area contributed by atoms with Crippen molar-refractivity contribution in [3.05, 3.63) is 0 Å². The highest BCUT2D eigenvalue weighted by Gasteiger charge is 2.34. The van der Waals surface area contributed by atoms with Crippen molar-refractivity contribution in [1.29, 1.82) is 0 Å². The van der Waals surface area contributed by atoms with E-state index in [1.165, 1.54) is 64.2 Å². The second kappa shape index (κ2) is 8.34. The number of alkyl halides is 1. The van der Waals surface area contributed by atoms with Gasteiger partial charge in [0.1, 0.15) is 6.17 Å². The lowest BCUT2D eigenvalue weighted by Gasteiger charge is -2.39. The summed E-state index contributed by atoms with van der Waals surface area (Å²) in [4.78, 5) is 0. The monoisotopic (exact) mass is 322 g/mol. The predicted molar refractivity (Wildman–Crippen MR) is 97.2 cm³/mol. The van der Waals surface area contributed by atoms with Crippen LogP contribution < -0.4 is 0 Å². The molecule has 3 atom stereocenters. The first-order valence-corrected chi connectivity index (χ1v) is 10.8. The Morgan fingerprint density at radius 1 is 0.609 bits per heavy atom. The minimum absolute atomic E-state index is 0.362. The van der Waals surface area contributed by atoms with Gasteiger partial charge in [0.05, 0.1) is 0 Å². The van der Waals surface area contributed by atoms with E-state index >= 15 is 0 Å². The molecule has 0 N–H and O–H groups in total. The topological polar surface area (TPSA) is 0 Å². The molecule has 3 fully saturated rings. The van der Waals surface area contributed by atoms with Gasteiger partial charge in [-0.05, 0) is 99.7 Å². The minimum atomic E-state index is -0.509. The Hall–Kier alpha value is -0.0700.